The highest BCUT2D eigenvalue weighted by atomic mass is 32.1. The Kier molecular flexibility index (Phi) is 7.03. The van der Waals surface area contributed by atoms with E-state index in [-0.39, 0.29) is 0 Å². The third-order valence-electron chi connectivity index (χ3n) is 1.22. The molecule has 0 fully saturated rings. The topological polar surface area (TPSA) is 9.23 Å². The summed E-state index contributed by atoms with van der Waals surface area (Å²) in [6, 6.07) is 1.28. The van der Waals surface area contributed by atoms with Crippen molar-refractivity contribution in [1.29, 1.82) is 0 Å². The third kappa shape index (κ3) is 6.41. The van der Waals surface area contributed by atoms with E-state index in [9.17, 15) is 0 Å². The van der Waals surface area contributed by atoms with Crippen molar-refractivity contribution in [2.75, 3.05) is 12.4 Å². The third-order valence-corrected chi connectivity index (χ3v) is 3.66. The Balaban J connectivity index is 2.95. The lowest BCUT2D eigenvalue weighted by atomic mass is 10.6. The molecule has 0 saturated carbocycles. The molecule has 0 aromatic carbocycles. The lowest BCUT2D eigenvalue weighted by Gasteiger charge is -2.07. The average molecular weight is 164 g/mol. The van der Waals surface area contributed by atoms with E-state index in [2.05, 4.69) is 26.1 Å². The van der Waals surface area contributed by atoms with Crippen LogP contribution < -0.4 is 0 Å². The summed E-state index contributed by atoms with van der Waals surface area (Å²) in [4.78, 5) is 0. The molecule has 0 aliphatic carbocycles. The molecular formula is C6H16OSSi. The van der Waals surface area contributed by atoms with Gasteiger partial charge in [-0.2, -0.15) is 12.6 Å². The zero-order valence-corrected chi connectivity index (χ0v) is 8.31. The monoisotopic (exact) mass is 164 g/mol. The van der Waals surface area contributed by atoms with Crippen LogP contribution in [0.5, 0.6) is 0 Å². The minimum Gasteiger partial charge on any atom is -0.421 e. The quantitative estimate of drug-likeness (QED) is 0.481. The van der Waals surface area contributed by atoms with E-state index in [0.717, 1.165) is 12.4 Å². The van der Waals surface area contributed by atoms with Gasteiger partial charge >= 0.3 is 0 Å². The van der Waals surface area contributed by atoms with Crippen molar-refractivity contribution in [3.63, 3.8) is 0 Å². The van der Waals surface area contributed by atoms with Gasteiger partial charge in [-0.25, -0.2) is 0 Å². The van der Waals surface area contributed by atoms with Crippen LogP contribution in [0.4, 0.5) is 0 Å². The van der Waals surface area contributed by atoms with Crippen LogP contribution in [0.25, 0.3) is 0 Å². The molecule has 3 heteroatoms. The highest BCUT2D eigenvalue weighted by Gasteiger charge is 2.00. The molecular weight excluding hydrogens is 148 g/mol. The summed E-state index contributed by atoms with van der Waals surface area (Å²) in [6.45, 7) is 5.19. The van der Waals surface area contributed by atoms with Gasteiger partial charge in [-0.15, -0.1) is 0 Å². The normalized spacial score (nSPS) is 13.7. The summed E-state index contributed by atoms with van der Waals surface area (Å²) in [5.41, 5.74) is 0. The fourth-order valence-electron chi connectivity index (χ4n) is 0.747. The molecule has 0 bridgehead atoms. The number of hydrogen-bond acceptors (Lipinski definition) is 2. The molecule has 9 heavy (non-hydrogen) atoms. The minimum atomic E-state index is -0.769. The fraction of sp³-hybridized carbons (Fsp3) is 1.00. The van der Waals surface area contributed by atoms with E-state index in [4.69, 9.17) is 4.43 Å². The number of hydrogen-bond donors (Lipinski definition) is 1. The zero-order valence-electron chi connectivity index (χ0n) is 6.26. The van der Waals surface area contributed by atoms with Crippen LogP contribution in [-0.2, 0) is 4.43 Å². The number of rotatable bonds is 5. The van der Waals surface area contributed by atoms with Crippen molar-refractivity contribution < 1.29 is 4.43 Å². The van der Waals surface area contributed by atoms with Gasteiger partial charge in [-0.1, -0.05) is 0 Å². The largest absolute Gasteiger partial charge is 0.421 e. The minimum absolute atomic E-state index is 0.769. The lowest BCUT2D eigenvalue weighted by molar-refractivity contribution is 0.345. The molecule has 0 aromatic rings. The predicted octanol–water partition coefficient (Wildman–Crippen LogP) is 1.70. The van der Waals surface area contributed by atoms with Crippen molar-refractivity contribution in [2.24, 2.45) is 0 Å². The average Bonchev–Trinajstić information content (AvgIpc) is 1.85. The van der Waals surface area contributed by atoms with Gasteiger partial charge in [0.2, 0.25) is 0 Å². The van der Waals surface area contributed by atoms with Crippen LogP contribution >= 0.6 is 12.6 Å². The summed E-state index contributed by atoms with van der Waals surface area (Å²) in [6.07, 6.45) is 1.22. The van der Waals surface area contributed by atoms with Crippen LogP contribution in [0.3, 0.4) is 0 Å². The van der Waals surface area contributed by atoms with Crippen molar-refractivity contribution in [1.82, 2.24) is 0 Å². The maximum atomic E-state index is 5.45. The van der Waals surface area contributed by atoms with Crippen molar-refractivity contribution in [2.45, 2.75) is 25.9 Å². The van der Waals surface area contributed by atoms with E-state index < -0.39 is 9.04 Å². The van der Waals surface area contributed by atoms with Crippen molar-refractivity contribution in [3.8, 4) is 0 Å². The number of thiol groups is 1. The van der Waals surface area contributed by atoms with Gasteiger partial charge in [0, 0.05) is 6.61 Å². The molecule has 56 valence electrons. The second-order valence-electron chi connectivity index (χ2n) is 2.13. The van der Waals surface area contributed by atoms with Crippen LogP contribution in [0.15, 0.2) is 0 Å². The Morgan fingerprint density at radius 2 is 2.22 bits per heavy atom. The summed E-state index contributed by atoms with van der Waals surface area (Å²) in [7, 11) is -0.769. The van der Waals surface area contributed by atoms with Gasteiger partial charge in [0.1, 0.15) is 0 Å². The first-order valence-corrected chi connectivity index (χ1v) is 6.61. The van der Waals surface area contributed by atoms with Crippen LogP contribution in [0.2, 0.25) is 12.6 Å². The molecule has 0 N–H and O–H groups in total. The standard InChI is InChI=1S/C6H16OSSi/c1-3-7-9(2)6-4-5-8/h8-9H,3-6H2,1-2H3. The van der Waals surface area contributed by atoms with E-state index >= 15 is 0 Å². The highest BCUT2D eigenvalue weighted by molar-refractivity contribution is 7.80. The summed E-state index contributed by atoms with van der Waals surface area (Å²) in [5.74, 6) is 1.00. The molecule has 0 amide bonds. The van der Waals surface area contributed by atoms with Crippen LogP contribution in [-0.4, -0.2) is 21.4 Å². The summed E-state index contributed by atoms with van der Waals surface area (Å²) < 4.78 is 5.45. The molecule has 0 aromatic heterocycles. The van der Waals surface area contributed by atoms with Gasteiger partial charge < -0.3 is 4.43 Å². The van der Waals surface area contributed by atoms with Crippen molar-refractivity contribution in [3.05, 3.63) is 0 Å². The fourth-order valence-corrected chi connectivity index (χ4v) is 2.79. The van der Waals surface area contributed by atoms with Gasteiger partial charge in [0.25, 0.3) is 0 Å². The Morgan fingerprint density at radius 3 is 2.67 bits per heavy atom. The Labute approximate surface area is 64.9 Å². The first-order valence-electron chi connectivity index (χ1n) is 3.53. The van der Waals surface area contributed by atoms with Gasteiger partial charge in [-0.3, -0.25) is 0 Å². The zero-order chi connectivity index (χ0) is 7.11. The summed E-state index contributed by atoms with van der Waals surface area (Å²) in [5, 5.41) is 0. The Morgan fingerprint density at radius 1 is 1.56 bits per heavy atom. The molecule has 1 atom stereocenters. The van der Waals surface area contributed by atoms with Crippen molar-refractivity contribution >= 4 is 21.7 Å². The van der Waals surface area contributed by atoms with Gasteiger partial charge in [-0.05, 0) is 31.7 Å². The van der Waals surface area contributed by atoms with E-state index in [1.807, 2.05) is 0 Å². The molecule has 0 radical (unpaired) electrons. The summed E-state index contributed by atoms with van der Waals surface area (Å²) >= 11 is 4.13. The molecule has 0 heterocycles. The van der Waals surface area contributed by atoms with Crippen LogP contribution in [0.1, 0.15) is 13.3 Å². The molecule has 1 nitrogen and oxygen atoms in total. The van der Waals surface area contributed by atoms with E-state index in [1.54, 1.807) is 0 Å². The van der Waals surface area contributed by atoms with Crippen LogP contribution in [0, 0.1) is 0 Å². The maximum Gasteiger partial charge on any atom is 0.173 e. The first-order chi connectivity index (χ1) is 4.31. The molecule has 0 aliphatic heterocycles. The maximum absolute atomic E-state index is 5.45. The SMILES string of the molecule is CCO[SiH](C)CCCS. The van der Waals surface area contributed by atoms with E-state index in [1.165, 1.54) is 12.5 Å². The second-order valence-corrected chi connectivity index (χ2v) is 5.11. The Bertz CT molecular complexity index is 61.0. The molecule has 0 rings (SSSR count). The van der Waals surface area contributed by atoms with Gasteiger partial charge in [0.05, 0.1) is 0 Å². The smallest absolute Gasteiger partial charge is 0.173 e. The molecule has 1 unspecified atom stereocenters. The first kappa shape index (κ1) is 9.53. The lowest BCUT2D eigenvalue weighted by Crippen LogP contribution is -2.12. The predicted molar refractivity (Wildman–Crippen MR) is 47.9 cm³/mol. The van der Waals surface area contributed by atoms with E-state index in [0.29, 0.717) is 0 Å². The Hall–Kier alpha value is 0.527. The molecule has 0 saturated heterocycles. The molecule has 0 aliphatic rings. The van der Waals surface area contributed by atoms with Gasteiger partial charge in [0.15, 0.2) is 9.04 Å². The second kappa shape index (κ2) is 6.64. The highest BCUT2D eigenvalue weighted by Crippen LogP contribution is 1.99. The molecule has 0 spiro atoms.